The van der Waals surface area contributed by atoms with Gasteiger partial charge in [0.1, 0.15) is 0 Å². The maximum atomic E-state index is 12.4. The van der Waals surface area contributed by atoms with Crippen LogP contribution in [0.15, 0.2) is 6.07 Å². The maximum Gasteiger partial charge on any atom is 0.306 e. The van der Waals surface area contributed by atoms with Gasteiger partial charge in [-0.15, -0.1) is 0 Å². The molecule has 0 radical (unpaired) electrons. The Morgan fingerprint density at radius 1 is 1.13 bits per heavy atom. The van der Waals surface area contributed by atoms with Crippen LogP contribution < -0.4 is 0 Å². The average molecular weight is 410 g/mol. The number of nitrogens with one attached hydrogen (secondary N) is 1. The Bertz CT molecular complexity index is 1170. The fraction of sp³-hybridized carbons (Fsp3) is 0.409. The molecular formula is C22H26N4O4. The maximum absolute atomic E-state index is 12.4. The predicted molar refractivity (Wildman–Crippen MR) is 111 cm³/mol. The Labute approximate surface area is 174 Å². The number of hydrogen-bond donors (Lipinski definition) is 1. The molecule has 0 saturated carbocycles. The molecule has 0 atom stereocenters. The van der Waals surface area contributed by atoms with Crippen molar-refractivity contribution in [3.05, 3.63) is 51.2 Å². The highest BCUT2D eigenvalue weighted by molar-refractivity contribution is 6.04. The van der Waals surface area contributed by atoms with E-state index in [1.807, 2.05) is 26.8 Å². The number of hydrogen-bond acceptors (Lipinski definition) is 6. The summed E-state index contributed by atoms with van der Waals surface area (Å²) >= 11 is 0. The number of Topliss-reactive ketones (excluding diaryl/α,β-unsaturated/α-hetero) is 2. The van der Waals surface area contributed by atoms with Crippen LogP contribution in [-0.4, -0.2) is 43.7 Å². The number of esters is 1. The van der Waals surface area contributed by atoms with E-state index in [9.17, 15) is 14.4 Å². The summed E-state index contributed by atoms with van der Waals surface area (Å²) in [6, 6.07) is 1.91. The quantitative estimate of drug-likeness (QED) is 0.474. The Morgan fingerprint density at radius 3 is 2.47 bits per heavy atom. The molecule has 3 heterocycles. The smallest absolute Gasteiger partial charge is 0.306 e. The van der Waals surface area contributed by atoms with Crippen LogP contribution in [0, 0.1) is 34.6 Å². The standard InChI is InChI=1S/C22H26N4O4/c1-11-9-19-23-13(3)17(15(5)26(19)25-11)7-8-20(29)30-10-18(28)22-12(2)21(16(6)27)14(4)24-22/h9,24H,7-8,10H2,1-6H3. The largest absolute Gasteiger partial charge is 0.457 e. The second-order valence-corrected chi connectivity index (χ2v) is 7.58. The highest BCUT2D eigenvalue weighted by atomic mass is 16.5. The number of ether oxygens (including phenoxy) is 1. The topological polar surface area (TPSA) is 106 Å². The normalized spacial score (nSPS) is 11.1. The molecule has 3 rings (SSSR count). The summed E-state index contributed by atoms with van der Waals surface area (Å²) in [5, 5.41) is 4.43. The number of carbonyl (C=O) groups is 3. The number of H-pyrrole nitrogens is 1. The van der Waals surface area contributed by atoms with E-state index in [-0.39, 0.29) is 24.6 Å². The molecular weight excluding hydrogens is 384 g/mol. The van der Waals surface area contributed by atoms with Gasteiger partial charge in [0, 0.05) is 35.1 Å². The minimum atomic E-state index is -0.466. The van der Waals surface area contributed by atoms with E-state index in [4.69, 9.17) is 4.74 Å². The van der Waals surface area contributed by atoms with Crippen molar-refractivity contribution >= 4 is 23.2 Å². The van der Waals surface area contributed by atoms with Gasteiger partial charge in [-0.1, -0.05) is 0 Å². The van der Waals surface area contributed by atoms with Crippen molar-refractivity contribution in [2.24, 2.45) is 0 Å². The van der Waals surface area contributed by atoms with E-state index in [0.29, 0.717) is 28.9 Å². The molecule has 3 aromatic heterocycles. The first-order valence-corrected chi connectivity index (χ1v) is 9.81. The minimum absolute atomic E-state index is 0.110. The molecule has 30 heavy (non-hydrogen) atoms. The van der Waals surface area contributed by atoms with Crippen LogP contribution in [0.3, 0.4) is 0 Å². The summed E-state index contributed by atoms with van der Waals surface area (Å²) < 4.78 is 6.95. The van der Waals surface area contributed by atoms with Gasteiger partial charge in [-0.05, 0) is 59.1 Å². The van der Waals surface area contributed by atoms with Gasteiger partial charge < -0.3 is 9.72 Å². The molecule has 0 unspecified atom stereocenters. The molecule has 0 aromatic carbocycles. The van der Waals surface area contributed by atoms with E-state index in [1.54, 1.807) is 18.4 Å². The number of fused-ring (bicyclic) bond motifs is 1. The van der Waals surface area contributed by atoms with E-state index in [2.05, 4.69) is 15.1 Å². The number of rotatable bonds is 7. The monoisotopic (exact) mass is 410 g/mol. The van der Waals surface area contributed by atoms with Gasteiger partial charge in [0.25, 0.3) is 0 Å². The molecule has 0 saturated heterocycles. The third-order valence-corrected chi connectivity index (χ3v) is 5.30. The molecule has 3 aromatic rings. The van der Waals surface area contributed by atoms with E-state index < -0.39 is 5.97 Å². The Hall–Kier alpha value is -3.29. The van der Waals surface area contributed by atoms with Crippen LogP contribution in [0.1, 0.15) is 68.1 Å². The van der Waals surface area contributed by atoms with Crippen molar-refractivity contribution in [3.63, 3.8) is 0 Å². The molecule has 1 N–H and O–H groups in total. The molecule has 0 bridgehead atoms. The van der Waals surface area contributed by atoms with Gasteiger partial charge >= 0.3 is 5.97 Å². The van der Waals surface area contributed by atoms with E-state index >= 15 is 0 Å². The van der Waals surface area contributed by atoms with Crippen molar-refractivity contribution in [2.45, 2.75) is 54.4 Å². The summed E-state index contributed by atoms with van der Waals surface area (Å²) in [4.78, 5) is 43.9. The zero-order valence-corrected chi connectivity index (χ0v) is 18.2. The summed E-state index contributed by atoms with van der Waals surface area (Å²) in [6.45, 7) is 10.3. The van der Waals surface area contributed by atoms with Crippen molar-refractivity contribution in [2.75, 3.05) is 6.61 Å². The van der Waals surface area contributed by atoms with Gasteiger partial charge in [-0.3, -0.25) is 14.4 Å². The number of aryl methyl sites for hydroxylation is 4. The summed E-state index contributed by atoms with van der Waals surface area (Å²) in [5.74, 6) is -0.938. The van der Waals surface area contributed by atoms with Crippen LogP contribution in [0.5, 0.6) is 0 Å². The molecule has 0 aliphatic carbocycles. The number of ketones is 2. The molecule has 0 amide bonds. The van der Waals surface area contributed by atoms with Crippen molar-refractivity contribution < 1.29 is 19.1 Å². The number of nitrogens with zero attached hydrogens (tertiary/aromatic N) is 3. The van der Waals surface area contributed by atoms with Crippen molar-refractivity contribution in [1.82, 2.24) is 19.6 Å². The lowest BCUT2D eigenvalue weighted by Crippen LogP contribution is -2.16. The first kappa shape index (κ1) is 21.4. The Morgan fingerprint density at radius 2 is 1.83 bits per heavy atom. The molecule has 8 nitrogen and oxygen atoms in total. The third kappa shape index (κ3) is 4.03. The average Bonchev–Trinajstić information content (AvgIpc) is 3.18. The van der Waals surface area contributed by atoms with Crippen LogP contribution in [0.4, 0.5) is 0 Å². The first-order chi connectivity index (χ1) is 14.1. The highest BCUT2D eigenvalue weighted by Crippen LogP contribution is 2.20. The Balaban J connectivity index is 1.63. The zero-order chi connectivity index (χ0) is 22.2. The lowest BCUT2D eigenvalue weighted by atomic mass is 10.1. The summed E-state index contributed by atoms with van der Waals surface area (Å²) in [5.41, 5.74) is 6.41. The van der Waals surface area contributed by atoms with Gasteiger partial charge in [-0.2, -0.15) is 5.10 Å². The SMILES string of the molecule is CC(=O)c1c(C)[nH]c(C(=O)COC(=O)CCc2c(C)nc3cc(C)nn3c2C)c1C. The fourth-order valence-electron chi connectivity index (χ4n) is 3.88. The Kier molecular flexibility index (Phi) is 5.87. The molecule has 8 heteroatoms. The second kappa shape index (κ2) is 8.22. The molecule has 0 aliphatic heterocycles. The number of aromatic amines is 1. The van der Waals surface area contributed by atoms with Gasteiger partial charge in [0.2, 0.25) is 5.78 Å². The lowest BCUT2D eigenvalue weighted by molar-refractivity contribution is -0.142. The number of carbonyl (C=O) groups excluding carboxylic acids is 3. The fourth-order valence-corrected chi connectivity index (χ4v) is 3.88. The zero-order valence-electron chi connectivity index (χ0n) is 18.2. The minimum Gasteiger partial charge on any atom is -0.457 e. The van der Waals surface area contributed by atoms with Crippen LogP contribution in [-0.2, 0) is 16.0 Å². The molecule has 0 spiro atoms. The molecule has 0 fully saturated rings. The summed E-state index contributed by atoms with van der Waals surface area (Å²) in [7, 11) is 0. The molecule has 158 valence electrons. The lowest BCUT2D eigenvalue weighted by Gasteiger charge is -2.11. The van der Waals surface area contributed by atoms with Crippen LogP contribution >= 0.6 is 0 Å². The second-order valence-electron chi connectivity index (χ2n) is 7.58. The van der Waals surface area contributed by atoms with Gasteiger partial charge in [-0.25, -0.2) is 9.50 Å². The van der Waals surface area contributed by atoms with Gasteiger partial charge in [0.15, 0.2) is 18.0 Å². The van der Waals surface area contributed by atoms with Crippen LogP contribution in [0.2, 0.25) is 0 Å². The van der Waals surface area contributed by atoms with E-state index in [0.717, 1.165) is 28.3 Å². The van der Waals surface area contributed by atoms with Crippen molar-refractivity contribution in [3.8, 4) is 0 Å². The molecule has 0 aliphatic rings. The first-order valence-electron chi connectivity index (χ1n) is 9.81. The highest BCUT2D eigenvalue weighted by Gasteiger charge is 2.21. The summed E-state index contributed by atoms with van der Waals surface area (Å²) in [6.07, 6.45) is 0.575. The number of aromatic nitrogens is 4. The van der Waals surface area contributed by atoms with Crippen molar-refractivity contribution in [1.29, 1.82) is 0 Å². The third-order valence-electron chi connectivity index (χ3n) is 5.30. The van der Waals surface area contributed by atoms with Gasteiger partial charge in [0.05, 0.1) is 11.4 Å². The van der Waals surface area contributed by atoms with E-state index in [1.165, 1.54) is 6.92 Å². The predicted octanol–water partition coefficient (Wildman–Crippen LogP) is 3.16. The van der Waals surface area contributed by atoms with Crippen LogP contribution in [0.25, 0.3) is 5.65 Å².